The van der Waals surface area contributed by atoms with Gasteiger partial charge in [0.15, 0.2) is 0 Å². The molecule has 0 fully saturated rings. The number of aliphatic hydroxyl groups excluding tert-OH is 1. The molecule has 0 aliphatic heterocycles. The average molecular weight is 273 g/mol. The van der Waals surface area contributed by atoms with Crippen LogP contribution in [0.4, 0.5) is 0 Å². The Kier molecular flexibility index (Phi) is 4.58. The van der Waals surface area contributed by atoms with Crippen LogP contribution in [0.25, 0.3) is 0 Å². The van der Waals surface area contributed by atoms with Gasteiger partial charge in [-0.05, 0) is 38.1 Å². The predicted octanol–water partition coefficient (Wildman–Crippen LogP) is 3.03. The van der Waals surface area contributed by atoms with Crippen LogP contribution in [-0.4, -0.2) is 17.2 Å². The molecule has 1 heterocycles. The monoisotopic (exact) mass is 273 g/mol. The first-order chi connectivity index (χ1) is 9.61. The molecule has 2 rings (SSSR count). The Hall–Kier alpha value is -2.07. The predicted molar refractivity (Wildman–Crippen MR) is 76.9 cm³/mol. The summed E-state index contributed by atoms with van der Waals surface area (Å²) < 4.78 is 11.0. The number of nitrogens with zero attached hydrogens (tertiary/aromatic N) is 1. The van der Waals surface area contributed by atoms with E-state index in [4.69, 9.17) is 9.47 Å². The first-order valence-corrected chi connectivity index (χ1v) is 6.51. The highest BCUT2D eigenvalue weighted by atomic mass is 16.5. The molecule has 0 saturated heterocycles. The zero-order valence-electron chi connectivity index (χ0n) is 12.0. The lowest BCUT2D eigenvalue weighted by Crippen LogP contribution is -2.03. The number of hydrogen-bond donors (Lipinski definition) is 1. The maximum absolute atomic E-state index is 9.81. The number of benzene rings is 1. The third-order valence-electron chi connectivity index (χ3n) is 3.04. The van der Waals surface area contributed by atoms with Gasteiger partial charge in [0.05, 0.1) is 18.8 Å². The van der Waals surface area contributed by atoms with E-state index >= 15 is 0 Å². The molecule has 4 nitrogen and oxygen atoms in total. The lowest BCUT2D eigenvalue weighted by Gasteiger charge is -2.15. The van der Waals surface area contributed by atoms with Crippen LogP contribution >= 0.6 is 0 Å². The fourth-order valence-electron chi connectivity index (χ4n) is 2.00. The number of pyridine rings is 1. The molecular weight excluding hydrogens is 254 g/mol. The van der Waals surface area contributed by atoms with E-state index in [0.29, 0.717) is 18.2 Å². The van der Waals surface area contributed by atoms with Crippen LogP contribution in [-0.2, 0) is 6.61 Å². The zero-order chi connectivity index (χ0) is 14.5. The van der Waals surface area contributed by atoms with Gasteiger partial charge >= 0.3 is 0 Å². The molecule has 0 amide bonds. The van der Waals surface area contributed by atoms with E-state index in [1.807, 2.05) is 37.3 Å². The first-order valence-electron chi connectivity index (χ1n) is 6.51. The van der Waals surface area contributed by atoms with Crippen LogP contribution in [0.3, 0.4) is 0 Å². The van der Waals surface area contributed by atoms with Crippen molar-refractivity contribution in [1.29, 1.82) is 0 Å². The number of hydrogen-bond acceptors (Lipinski definition) is 4. The Morgan fingerprint density at radius 3 is 2.80 bits per heavy atom. The van der Waals surface area contributed by atoms with Crippen LogP contribution in [0, 0.1) is 6.92 Å². The van der Waals surface area contributed by atoms with Gasteiger partial charge in [0.2, 0.25) is 5.88 Å². The fraction of sp³-hybridized carbons (Fsp3) is 0.312. The average Bonchev–Trinajstić information content (AvgIpc) is 2.46. The molecule has 1 aromatic carbocycles. The van der Waals surface area contributed by atoms with Gasteiger partial charge in [-0.25, -0.2) is 4.98 Å². The first kappa shape index (κ1) is 14.3. The maximum Gasteiger partial charge on any atom is 0.219 e. The van der Waals surface area contributed by atoms with Gasteiger partial charge in [0.25, 0.3) is 0 Å². The highest BCUT2D eigenvalue weighted by Crippen LogP contribution is 2.27. The molecule has 4 heteroatoms. The molecule has 20 heavy (non-hydrogen) atoms. The minimum Gasteiger partial charge on any atom is -0.488 e. The van der Waals surface area contributed by atoms with Gasteiger partial charge in [-0.2, -0.15) is 0 Å². The summed E-state index contributed by atoms with van der Waals surface area (Å²) in [6.45, 7) is 4.06. The van der Waals surface area contributed by atoms with Crippen LogP contribution in [0.2, 0.25) is 0 Å². The number of methoxy groups -OCH3 is 1. The lowest BCUT2D eigenvalue weighted by atomic mass is 10.1. The number of aliphatic hydroxyl groups is 1. The molecule has 0 radical (unpaired) electrons. The van der Waals surface area contributed by atoms with E-state index < -0.39 is 6.10 Å². The van der Waals surface area contributed by atoms with E-state index in [1.54, 1.807) is 20.2 Å². The summed E-state index contributed by atoms with van der Waals surface area (Å²) in [7, 11) is 1.58. The largest absolute Gasteiger partial charge is 0.488 e. The lowest BCUT2D eigenvalue weighted by molar-refractivity contribution is 0.189. The number of aryl methyl sites for hydroxylation is 1. The molecule has 0 saturated carbocycles. The molecule has 0 aliphatic rings. The number of aromatic nitrogens is 1. The second kappa shape index (κ2) is 6.39. The SMILES string of the molecule is COc1ncccc1COc1ccc(C)cc1[C@@H](C)O. The molecule has 0 aliphatic carbocycles. The highest BCUT2D eigenvalue weighted by molar-refractivity contribution is 5.38. The van der Waals surface area contributed by atoms with Crippen molar-refractivity contribution < 1.29 is 14.6 Å². The Labute approximate surface area is 119 Å². The summed E-state index contributed by atoms with van der Waals surface area (Å²) >= 11 is 0. The van der Waals surface area contributed by atoms with E-state index in [0.717, 1.165) is 16.7 Å². The number of rotatable bonds is 5. The van der Waals surface area contributed by atoms with Crippen LogP contribution < -0.4 is 9.47 Å². The molecule has 1 atom stereocenters. The normalized spacial score (nSPS) is 12.0. The van der Waals surface area contributed by atoms with Crippen LogP contribution in [0.15, 0.2) is 36.5 Å². The van der Waals surface area contributed by atoms with Crippen LogP contribution in [0.1, 0.15) is 29.7 Å². The molecule has 0 bridgehead atoms. The van der Waals surface area contributed by atoms with Crippen molar-refractivity contribution in [2.24, 2.45) is 0 Å². The second-order valence-electron chi connectivity index (χ2n) is 4.68. The highest BCUT2D eigenvalue weighted by Gasteiger charge is 2.11. The van der Waals surface area contributed by atoms with Gasteiger partial charge in [-0.15, -0.1) is 0 Å². The van der Waals surface area contributed by atoms with Crippen molar-refractivity contribution in [2.75, 3.05) is 7.11 Å². The Bertz CT molecular complexity index is 582. The van der Waals surface area contributed by atoms with Crippen molar-refractivity contribution in [3.05, 3.63) is 53.2 Å². The summed E-state index contributed by atoms with van der Waals surface area (Å²) in [6.07, 6.45) is 1.11. The minimum atomic E-state index is -0.569. The van der Waals surface area contributed by atoms with E-state index in [-0.39, 0.29) is 0 Å². The maximum atomic E-state index is 9.81. The summed E-state index contributed by atoms with van der Waals surface area (Å²) in [5.41, 5.74) is 2.74. The Morgan fingerprint density at radius 2 is 2.10 bits per heavy atom. The Morgan fingerprint density at radius 1 is 1.30 bits per heavy atom. The minimum absolute atomic E-state index is 0.347. The quantitative estimate of drug-likeness (QED) is 0.909. The molecule has 106 valence electrons. The third-order valence-corrected chi connectivity index (χ3v) is 3.04. The van der Waals surface area contributed by atoms with Crippen molar-refractivity contribution in [2.45, 2.75) is 26.6 Å². The number of ether oxygens (including phenoxy) is 2. The van der Waals surface area contributed by atoms with Crippen molar-refractivity contribution in [1.82, 2.24) is 4.98 Å². The molecular formula is C16H19NO3. The van der Waals surface area contributed by atoms with Crippen LogP contribution in [0.5, 0.6) is 11.6 Å². The van der Waals surface area contributed by atoms with Gasteiger partial charge in [-0.1, -0.05) is 11.6 Å². The van der Waals surface area contributed by atoms with Gasteiger partial charge in [0.1, 0.15) is 12.4 Å². The fourth-order valence-corrected chi connectivity index (χ4v) is 2.00. The Balaban J connectivity index is 2.19. The molecule has 0 spiro atoms. The van der Waals surface area contributed by atoms with E-state index in [9.17, 15) is 5.11 Å². The van der Waals surface area contributed by atoms with Crippen molar-refractivity contribution >= 4 is 0 Å². The van der Waals surface area contributed by atoms with Crippen molar-refractivity contribution in [3.8, 4) is 11.6 Å². The van der Waals surface area contributed by atoms with Gasteiger partial charge in [0, 0.05) is 11.8 Å². The second-order valence-corrected chi connectivity index (χ2v) is 4.68. The molecule has 1 aromatic heterocycles. The topological polar surface area (TPSA) is 51.6 Å². The smallest absolute Gasteiger partial charge is 0.219 e. The van der Waals surface area contributed by atoms with E-state index in [1.165, 1.54) is 0 Å². The summed E-state index contributed by atoms with van der Waals surface area (Å²) in [6, 6.07) is 9.51. The zero-order valence-corrected chi connectivity index (χ0v) is 12.0. The summed E-state index contributed by atoms with van der Waals surface area (Å²) in [5.74, 6) is 1.23. The van der Waals surface area contributed by atoms with E-state index in [2.05, 4.69) is 4.98 Å². The van der Waals surface area contributed by atoms with Gasteiger partial charge in [-0.3, -0.25) is 0 Å². The van der Waals surface area contributed by atoms with Gasteiger partial charge < -0.3 is 14.6 Å². The summed E-state index contributed by atoms with van der Waals surface area (Å²) in [4.78, 5) is 4.13. The molecule has 1 N–H and O–H groups in total. The summed E-state index contributed by atoms with van der Waals surface area (Å²) in [5, 5.41) is 9.81. The third kappa shape index (κ3) is 3.27. The van der Waals surface area contributed by atoms with Crippen molar-refractivity contribution in [3.63, 3.8) is 0 Å². The molecule has 2 aromatic rings. The molecule has 0 unspecified atom stereocenters. The standard InChI is InChI=1S/C16H19NO3/c1-11-6-7-15(14(9-11)12(2)18)20-10-13-5-4-8-17-16(13)19-3/h4-9,12,18H,10H2,1-3H3/t12-/m1/s1.